The molecule has 0 heterocycles. The molecular formula is C9H11ClF3NO. The smallest absolute Gasteiger partial charge is 0.419 e. The number of nitrogens with two attached hydrogens (primary N) is 1. The highest BCUT2D eigenvalue weighted by molar-refractivity contribution is 5.85. The molecule has 6 heteroatoms. The quantitative estimate of drug-likeness (QED) is 0.864. The number of hydrogen-bond donors (Lipinski definition) is 1. The molecule has 1 rings (SSSR count). The number of halogens is 4. The van der Waals surface area contributed by atoms with Crippen molar-refractivity contribution in [3.05, 3.63) is 29.3 Å². The van der Waals surface area contributed by atoms with Gasteiger partial charge < -0.3 is 10.5 Å². The van der Waals surface area contributed by atoms with Gasteiger partial charge in [0.15, 0.2) is 0 Å². The summed E-state index contributed by atoms with van der Waals surface area (Å²) in [4.78, 5) is 0. The molecule has 0 aliphatic heterocycles. The summed E-state index contributed by atoms with van der Waals surface area (Å²) in [6, 6.07) is 3.79. The van der Waals surface area contributed by atoms with E-state index < -0.39 is 11.7 Å². The fourth-order valence-corrected chi connectivity index (χ4v) is 1.21. The summed E-state index contributed by atoms with van der Waals surface area (Å²) in [6.07, 6.45) is -4.41. The van der Waals surface area contributed by atoms with Gasteiger partial charge in [0.25, 0.3) is 0 Å². The molecular weight excluding hydrogens is 231 g/mol. The molecule has 0 spiro atoms. The van der Waals surface area contributed by atoms with Crippen LogP contribution in [0.3, 0.4) is 0 Å². The number of hydrogen-bond acceptors (Lipinski definition) is 2. The van der Waals surface area contributed by atoms with Crippen LogP contribution in [-0.4, -0.2) is 7.11 Å². The molecule has 0 saturated carbocycles. The second kappa shape index (κ2) is 5.23. The van der Waals surface area contributed by atoms with E-state index in [4.69, 9.17) is 10.5 Å². The number of ether oxygens (including phenoxy) is 1. The first-order valence-electron chi connectivity index (χ1n) is 3.94. The minimum absolute atomic E-state index is 0. The molecule has 2 N–H and O–H groups in total. The topological polar surface area (TPSA) is 35.2 Å². The molecule has 0 aromatic heterocycles. The van der Waals surface area contributed by atoms with Gasteiger partial charge in [-0.3, -0.25) is 0 Å². The van der Waals surface area contributed by atoms with Crippen molar-refractivity contribution in [3.63, 3.8) is 0 Å². The zero-order valence-electron chi connectivity index (χ0n) is 7.97. The molecule has 0 radical (unpaired) electrons. The molecule has 0 aliphatic rings. The molecule has 2 nitrogen and oxygen atoms in total. The molecule has 0 amide bonds. The number of benzene rings is 1. The first-order chi connectivity index (χ1) is 6.50. The Morgan fingerprint density at radius 2 is 1.93 bits per heavy atom. The third-order valence-corrected chi connectivity index (χ3v) is 1.83. The van der Waals surface area contributed by atoms with Gasteiger partial charge >= 0.3 is 6.18 Å². The molecule has 0 saturated heterocycles. The first-order valence-corrected chi connectivity index (χ1v) is 3.94. The molecule has 0 bridgehead atoms. The summed E-state index contributed by atoms with van der Waals surface area (Å²) in [7, 11) is 1.20. The number of para-hydroxylation sites is 1. The summed E-state index contributed by atoms with van der Waals surface area (Å²) in [5, 5.41) is 0. The van der Waals surface area contributed by atoms with Crippen LogP contribution in [0.1, 0.15) is 11.1 Å². The number of alkyl halides is 3. The Hall–Kier alpha value is -0.940. The zero-order chi connectivity index (χ0) is 10.8. The lowest BCUT2D eigenvalue weighted by Gasteiger charge is -2.14. The minimum atomic E-state index is -4.41. The van der Waals surface area contributed by atoms with Crippen LogP contribution in [0.15, 0.2) is 18.2 Å². The normalized spacial score (nSPS) is 10.7. The van der Waals surface area contributed by atoms with Crippen molar-refractivity contribution in [2.45, 2.75) is 12.7 Å². The van der Waals surface area contributed by atoms with Gasteiger partial charge in [-0.05, 0) is 6.07 Å². The van der Waals surface area contributed by atoms with E-state index in [0.29, 0.717) is 5.56 Å². The van der Waals surface area contributed by atoms with Crippen molar-refractivity contribution in [2.24, 2.45) is 5.73 Å². The van der Waals surface area contributed by atoms with Crippen LogP contribution in [0.25, 0.3) is 0 Å². The molecule has 1 aromatic carbocycles. The Morgan fingerprint density at radius 3 is 2.33 bits per heavy atom. The Labute approximate surface area is 91.6 Å². The molecule has 1 aromatic rings. The van der Waals surface area contributed by atoms with Crippen LogP contribution < -0.4 is 10.5 Å². The van der Waals surface area contributed by atoms with E-state index in [1.165, 1.54) is 19.2 Å². The maximum atomic E-state index is 12.4. The van der Waals surface area contributed by atoms with Crippen LogP contribution in [0.2, 0.25) is 0 Å². The van der Waals surface area contributed by atoms with Gasteiger partial charge in [-0.15, -0.1) is 12.4 Å². The third kappa shape index (κ3) is 3.00. The zero-order valence-corrected chi connectivity index (χ0v) is 8.78. The van der Waals surface area contributed by atoms with Gasteiger partial charge in [0.1, 0.15) is 5.75 Å². The van der Waals surface area contributed by atoms with Crippen LogP contribution in [0, 0.1) is 0 Å². The second-order valence-corrected chi connectivity index (χ2v) is 2.70. The van der Waals surface area contributed by atoms with Crippen molar-refractivity contribution in [3.8, 4) is 5.75 Å². The van der Waals surface area contributed by atoms with E-state index in [2.05, 4.69) is 0 Å². The van der Waals surface area contributed by atoms with Gasteiger partial charge in [0.05, 0.1) is 12.7 Å². The average molecular weight is 242 g/mol. The molecule has 0 fully saturated rings. The fraction of sp³-hybridized carbons (Fsp3) is 0.333. The summed E-state index contributed by atoms with van der Waals surface area (Å²) in [6.45, 7) is 0.0209. The summed E-state index contributed by atoms with van der Waals surface area (Å²) in [5.41, 5.74) is 4.85. The molecule has 86 valence electrons. The average Bonchev–Trinajstić information content (AvgIpc) is 2.15. The van der Waals surface area contributed by atoms with Crippen molar-refractivity contribution < 1.29 is 17.9 Å². The molecule has 0 atom stereocenters. The number of rotatable bonds is 2. The highest BCUT2D eigenvalue weighted by atomic mass is 35.5. The first kappa shape index (κ1) is 14.1. The highest BCUT2D eigenvalue weighted by Crippen LogP contribution is 2.37. The van der Waals surface area contributed by atoms with Crippen molar-refractivity contribution >= 4 is 12.4 Å². The molecule has 15 heavy (non-hydrogen) atoms. The van der Waals surface area contributed by atoms with Crippen LogP contribution in [0.4, 0.5) is 13.2 Å². The summed E-state index contributed by atoms with van der Waals surface area (Å²) >= 11 is 0. The Morgan fingerprint density at radius 1 is 1.33 bits per heavy atom. The maximum absolute atomic E-state index is 12.4. The highest BCUT2D eigenvalue weighted by Gasteiger charge is 2.34. The second-order valence-electron chi connectivity index (χ2n) is 2.70. The maximum Gasteiger partial charge on any atom is 0.419 e. The van der Waals surface area contributed by atoms with Gasteiger partial charge in [-0.2, -0.15) is 13.2 Å². The largest absolute Gasteiger partial charge is 0.496 e. The number of methoxy groups -OCH3 is 1. The lowest BCUT2D eigenvalue weighted by Crippen LogP contribution is -2.10. The third-order valence-electron chi connectivity index (χ3n) is 1.83. The van der Waals surface area contributed by atoms with Gasteiger partial charge in [0, 0.05) is 12.1 Å². The van der Waals surface area contributed by atoms with E-state index in [9.17, 15) is 13.2 Å². The Kier molecular flexibility index (Phi) is 4.90. The van der Waals surface area contributed by atoms with Crippen molar-refractivity contribution in [1.29, 1.82) is 0 Å². The van der Waals surface area contributed by atoms with E-state index in [0.717, 1.165) is 6.07 Å². The lowest BCUT2D eigenvalue weighted by atomic mass is 10.1. The van der Waals surface area contributed by atoms with E-state index in [-0.39, 0.29) is 24.7 Å². The van der Waals surface area contributed by atoms with Crippen LogP contribution >= 0.6 is 12.4 Å². The standard InChI is InChI=1S/C9H10F3NO.ClH/c1-14-8-6(5-13)3-2-4-7(8)9(10,11)12;/h2-4H,5,13H2,1H3;1H. The van der Waals surface area contributed by atoms with Crippen LogP contribution in [-0.2, 0) is 12.7 Å². The summed E-state index contributed by atoms with van der Waals surface area (Å²) in [5.74, 6) is -0.192. The predicted molar refractivity (Wildman–Crippen MR) is 53.1 cm³/mol. The fourth-order valence-electron chi connectivity index (χ4n) is 1.21. The summed E-state index contributed by atoms with van der Waals surface area (Å²) < 4.78 is 42.0. The Bertz CT molecular complexity index is 328. The minimum Gasteiger partial charge on any atom is -0.496 e. The monoisotopic (exact) mass is 241 g/mol. The molecule has 0 unspecified atom stereocenters. The molecule has 0 aliphatic carbocycles. The lowest BCUT2D eigenvalue weighted by molar-refractivity contribution is -0.138. The van der Waals surface area contributed by atoms with Gasteiger partial charge in [-0.25, -0.2) is 0 Å². The Balaban J connectivity index is 0.00000196. The van der Waals surface area contributed by atoms with E-state index in [1.807, 2.05) is 0 Å². The van der Waals surface area contributed by atoms with Gasteiger partial charge in [0.2, 0.25) is 0 Å². The van der Waals surface area contributed by atoms with E-state index >= 15 is 0 Å². The van der Waals surface area contributed by atoms with Crippen LogP contribution in [0.5, 0.6) is 5.75 Å². The SMILES string of the molecule is COc1c(CN)cccc1C(F)(F)F.Cl. The van der Waals surface area contributed by atoms with Crippen molar-refractivity contribution in [1.82, 2.24) is 0 Å². The van der Waals surface area contributed by atoms with E-state index in [1.54, 1.807) is 0 Å². The van der Waals surface area contributed by atoms with Gasteiger partial charge in [-0.1, -0.05) is 12.1 Å². The van der Waals surface area contributed by atoms with Crippen molar-refractivity contribution in [2.75, 3.05) is 7.11 Å². The predicted octanol–water partition coefficient (Wildman–Crippen LogP) is 2.59.